The number of nitro groups is 1. The van der Waals surface area contributed by atoms with Crippen LogP contribution >= 0.6 is 11.6 Å². The Morgan fingerprint density at radius 2 is 1.78 bits per heavy atom. The Hall–Kier alpha value is -2.61. The second kappa shape index (κ2) is 6.25. The monoisotopic (exact) mass is 334 g/mol. The van der Waals surface area contributed by atoms with Crippen molar-refractivity contribution in [1.82, 2.24) is 9.97 Å². The van der Waals surface area contributed by atoms with Gasteiger partial charge < -0.3 is 15.5 Å². The summed E-state index contributed by atoms with van der Waals surface area (Å²) >= 11 is 6.22. The van der Waals surface area contributed by atoms with Crippen molar-refractivity contribution in [2.24, 2.45) is 0 Å². The molecule has 0 saturated carbocycles. The van der Waals surface area contributed by atoms with Crippen LogP contribution in [0.15, 0.2) is 30.6 Å². The lowest BCUT2D eigenvalue weighted by Gasteiger charge is -2.36. The molecule has 1 aliphatic heterocycles. The Kier molecular flexibility index (Phi) is 4.16. The van der Waals surface area contributed by atoms with E-state index in [2.05, 4.69) is 14.9 Å². The maximum atomic E-state index is 11.2. The number of anilines is 3. The molecule has 0 bridgehead atoms. The second-order valence-corrected chi connectivity index (χ2v) is 5.52. The van der Waals surface area contributed by atoms with Crippen LogP contribution in [0.2, 0.25) is 5.02 Å². The van der Waals surface area contributed by atoms with Gasteiger partial charge in [-0.3, -0.25) is 10.1 Å². The smallest absolute Gasteiger partial charge is 0.353 e. The summed E-state index contributed by atoms with van der Waals surface area (Å²) in [6.07, 6.45) is 1.25. The first-order valence-electron chi connectivity index (χ1n) is 7.07. The van der Waals surface area contributed by atoms with Crippen molar-refractivity contribution < 1.29 is 4.92 Å². The van der Waals surface area contributed by atoms with Gasteiger partial charge in [-0.1, -0.05) is 23.7 Å². The number of halogens is 1. The zero-order valence-electron chi connectivity index (χ0n) is 12.2. The molecule has 8 nitrogen and oxygen atoms in total. The van der Waals surface area contributed by atoms with E-state index in [-0.39, 0.29) is 17.3 Å². The molecule has 0 unspecified atom stereocenters. The predicted molar refractivity (Wildman–Crippen MR) is 89.0 cm³/mol. The van der Waals surface area contributed by atoms with Gasteiger partial charge in [0.05, 0.1) is 15.6 Å². The molecule has 2 heterocycles. The third-order valence-electron chi connectivity index (χ3n) is 3.79. The standard InChI is InChI=1S/C14H15ClN6O2/c15-10-3-1-2-4-11(10)19-5-7-20(8-6-19)14-12(21(22)23)13(16)17-9-18-14/h1-4,9H,5-8H2,(H2,16,17,18). The molecule has 3 rings (SSSR count). The summed E-state index contributed by atoms with van der Waals surface area (Å²) in [5.41, 5.74) is 6.35. The molecule has 0 aliphatic carbocycles. The summed E-state index contributed by atoms with van der Waals surface area (Å²) in [7, 11) is 0. The second-order valence-electron chi connectivity index (χ2n) is 5.11. The number of aromatic nitrogens is 2. The van der Waals surface area contributed by atoms with Gasteiger partial charge in [-0.25, -0.2) is 9.97 Å². The number of nitrogens with two attached hydrogens (primary N) is 1. The van der Waals surface area contributed by atoms with Crippen LogP contribution in [0.25, 0.3) is 0 Å². The molecule has 1 aliphatic rings. The number of hydrogen-bond acceptors (Lipinski definition) is 7. The Bertz CT molecular complexity index is 733. The number of hydrogen-bond donors (Lipinski definition) is 1. The average molecular weight is 335 g/mol. The maximum Gasteiger partial charge on any atom is 0.353 e. The molecule has 0 amide bonds. The third kappa shape index (κ3) is 2.98. The molecule has 1 fully saturated rings. The third-order valence-corrected chi connectivity index (χ3v) is 4.11. The number of nitrogen functional groups attached to an aromatic ring is 1. The number of piperazine rings is 1. The normalized spacial score (nSPS) is 14.8. The predicted octanol–water partition coefficient (Wildman–Crippen LogP) is 1.95. The maximum absolute atomic E-state index is 11.2. The fraction of sp³-hybridized carbons (Fsp3) is 0.286. The molecule has 9 heteroatoms. The zero-order chi connectivity index (χ0) is 16.4. The molecular weight excluding hydrogens is 320 g/mol. The van der Waals surface area contributed by atoms with Gasteiger partial charge in [0.25, 0.3) is 0 Å². The lowest BCUT2D eigenvalue weighted by Crippen LogP contribution is -2.47. The fourth-order valence-electron chi connectivity index (χ4n) is 2.66. The van der Waals surface area contributed by atoms with Crippen molar-refractivity contribution in [2.45, 2.75) is 0 Å². The first kappa shape index (κ1) is 15.3. The highest BCUT2D eigenvalue weighted by atomic mass is 35.5. The number of benzene rings is 1. The van der Waals surface area contributed by atoms with Crippen molar-refractivity contribution in [3.8, 4) is 0 Å². The highest BCUT2D eigenvalue weighted by Gasteiger charge is 2.28. The Labute approximate surface area is 137 Å². The van der Waals surface area contributed by atoms with Crippen LogP contribution in [0.4, 0.5) is 23.0 Å². The van der Waals surface area contributed by atoms with Crippen LogP contribution in [0, 0.1) is 10.1 Å². The van der Waals surface area contributed by atoms with E-state index >= 15 is 0 Å². The van der Waals surface area contributed by atoms with Gasteiger partial charge in [0.15, 0.2) is 0 Å². The van der Waals surface area contributed by atoms with Crippen LogP contribution in [0.5, 0.6) is 0 Å². The van der Waals surface area contributed by atoms with Gasteiger partial charge in [0, 0.05) is 26.2 Å². The lowest BCUT2D eigenvalue weighted by atomic mass is 10.2. The SMILES string of the molecule is Nc1ncnc(N2CCN(c3ccccc3Cl)CC2)c1[N+](=O)[O-]. The minimum Gasteiger partial charge on any atom is -0.378 e. The van der Waals surface area contributed by atoms with Gasteiger partial charge >= 0.3 is 5.69 Å². The van der Waals surface area contributed by atoms with Gasteiger partial charge in [-0.2, -0.15) is 0 Å². The Morgan fingerprint density at radius 1 is 1.13 bits per heavy atom. The zero-order valence-corrected chi connectivity index (χ0v) is 13.0. The first-order valence-corrected chi connectivity index (χ1v) is 7.45. The molecule has 2 N–H and O–H groups in total. The molecule has 1 aromatic heterocycles. The summed E-state index contributed by atoms with van der Waals surface area (Å²) in [4.78, 5) is 22.4. The van der Waals surface area contributed by atoms with Crippen molar-refractivity contribution in [1.29, 1.82) is 0 Å². The molecule has 0 spiro atoms. The van der Waals surface area contributed by atoms with Crippen molar-refractivity contribution in [3.05, 3.63) is 45.7 Å². The van der Waals surface area contributed by atoms with Gasteiger partial charge in [-0.15, -0.1) is 0 Å². The van der Waals surface area contributed by atoms with E-state index in [1.165, 1.54) is 6.33 Å². The number of nitrogens with zero attached hydrogens (tertiary/aromatic N) is 5. The summed E-state index contributed by atoms with van der Waals surface area (Å²) in [6.45, 7) is 2.54. The first-order chi connectivity index (χ1) is 11.1. The Balaban J connectivity index is 1.79. The van der Waals surface area contributed by atoms with E-state index in [1.807, 2.05) is 29.2 Å². The van der Waals surface area contributed by atoms with E-state index in [4.69, 9.17) is 17.3 Å². The fourth-order valence-corrected chi connectivity index (χ4v) is 2.91. The highest BCUT2D eigenvalue weighted by Crippen LogP contribution is 2.32. The van der Waals surface area contributed by atoms with E-state index < -0.39 is 4.92 Å². The van der Waals surface area contributed by atoms with Crippen LogP contribution in [-0.4, -0.2) is 41.1 Å². The lowest BCUT2D eigenvalue weighted by molar-refractivity contribution is -0.383. The van der Waals surface area contributed by atoms with Gasteiger partial charge in [0.2, 0.25) is 11.6 Å². The van der Waals surface area contributed by atoms with Gasteiger partial charge in [0.1, 0.15) is 6.33 Å². The molecule has 0 radical (unpaired) electrons. The van der Waals surface area contributed by atoms with Crippen LogP contribution in [0.1, 0.15) is 0 Å². The van der Waals surface area contributed by atoms with Gasteiger partial charge in [-0.05, 0) is 12.1 Å². The van der Waals surface area contributed by atoms with Crippen LogP contribution in [0.3, 0.4) is 0 Å². The Morgan fingerprint density at radius 3 is 2.43 bits per heavy atom. The molecule has 0 atom stereocenters. The number of para-hydroxylation sites is 1. The average Bonchev–Trinajstić information content (AvgIpc) is 2.55. The number of rotatable bonds is 3. The highest BCUT2D eigenvalue weighted by molar-refractivity contribution is 6.33. The minimum absolute atomic E-state index is 0.117. The molecular formula is C14H15ClN6O2. The van der Waals surface area contributed by atoms with Crippen LogP contribution in [-0.2, 0) is 0 Å². The molecule has 2 aromatic rings. The summed E-state index contributed by atoms with van der Waals surface area (Å²) in [5, 5.41) is 11.9. The van der Waals surface area contributed by atoms with Crippen molar-refractivity contribution in [2.75, 3.05) is 41.7 Å². The largest absolute Gasteiger partial charge is 0.378 e. The molecule has 1 saturated heterocycles. The van der Waals surface area contributed by atoms with Crippen molar-refractivity contribution in [3.63, 3.8) is 0 Å². The summed E-state index contributed by atoms with van der Waals surface area (Å²) in [6, 6.07) is 7.63. The van der Waals surface area contributed by atoms with Crippen molar-refractivity contribution >= 4 is 34.6 Å². The summed E-state index contributed by atoms with van der Waals surface area (Å²) < 4.78 is 0. The summed E-state index contributed by atoms with van der Waals surface area (Å²) in [5.74, 6) is 0.148. The van der Waals surface area contributed by atoms with E-state index in [0.29, 0.717) is 31.2 Å². The van der Waals surface area contributed by atoms with Crippen LogP contribution < -0.4 is 15.5 Å². The molecule has 23 heavy (non-hydrogen) atoms. The van der Waals surface area contributed by atoms with E-state index in [0.717, 1.165) is 5.69 Å². The quantitative estimate of drug-likeness (QED) is 0.676. The molecule has 1 aromatic carbocycles. The minimum atomic E-state index is -0.537. The topological polar surface area (TPSA) is 101 Å². The van der Waals surface area contributed by atoms with E-state index in [1.54, 1.807) is 0 Å². The molecule has 120 valence electrons. The van der Waals surface area contributed by atoms with E-state index in [9.17, 15) is 10.1 Å².